The molecule has 28 heavy (non-hydrogen) atoms. The first-order chi connectivity index (χ1) is 13.3. The summed E-state index contributed by atoms with van der Waals surface area (Å²) in [5.74, 6) is 2.45. The maximum absolute atomic E-state index is 12.3. The number of hydrogen-bond acceptors (Lipinski definition) is 4. The van der Waals surface area contributed by atoms with Crippen molar-refractivity contribution in [1.29, 1.82) is 0 Å². The lowest BCUT2D eigenvalue weighted by Gasteiger charge is -2.20. The van der Waals surface area contributed by atoms with Crippen molar-refractivity contribution in [3.63, 3.8) is 0 Å². The minimum absolute atomic E-state index is 0.211. The highest BCUT2D eigenvalue weighted by Crippen LogP contribution is 2.29. The lowest BCUT2D eigenvalue weighted by atomic mass is 10.0. The molecule has 0 radical (unpaired) electrons. The van der Waals surface area contributed by atoms with Crippen molar-refractivity contribution in [3.05, 3.63) is 53.6 Å². The molecular weight excluding hydrogens is 356 g/mol. The zero-order valence-electron chi connectivity index (χ0n) is 17.4. The molecular formula is C22H30N2O4. The van der Waals surface area contributed by atoms with Crippen LogP contribution in [0.3, 0.4) is 0 Å². The van der Waals surface area contributed by atoms with Crippen LogP contribution in [0, 0.1) is 0 Å². The van der Waals surface area contributed by atoms with Crippen molar-refractivity contribution >= 4 is 6.03 Å². The van der Waals surface area contributed by atoms with Crippen LogP contribution in [0.1, 0.15) is 50.8 Å². The lowest BCUT2D eigenvalue weighted by molar-refractivity contribution is 0.175. The van der Waals surface area contributed by atoms with Gasteiger partial charge in [0.2, 0.25) is 0 Å². The topological polar surface area (TPSA) is 68.8 Å². The summed E-state index contributed by atoms with van der Waals surface area (Å²) in [6.07, 6.45) is -0.470. The molecule has 2 atom stereocenters. The fourth-order valence-electron chi connectivity index (χ4n) is 2.79. The SMILES string of the molecule is COc1ccc(C(C)NC(=O)NC(C)Oc2ccc(C(C)C)cc2)cc1OC. The fraction of sp³-hybridized carbons (Fsp3) is 0.409. The van der Waals surface area contributed by atoms with Crippen LogP contribution in [0.5, 0.6) is 17.2 Å². The molecule has 2 rings (SSSR count). The van der Waals surface area contributed by atoms with Crippen molar-refractivity contribution in [3.8, 4) is 17.2 Å². The highest BCUT2D eigenvalue weighted by molar-refractivity contribution is 5.74. The third kappa shape index (κ3) is 5.81. The van der Waals surface area contributed by atoms with Gasteiger partial charge in [-0.2, -0.15) is 0 Å². The number of urea groups is 1. The molecule has 6 nitrogen and oxygen atoms in total. The van der Waals surface area contributed by atoms with E-state index in [-0.39, 0.29) is 12.1 Å². The zero-order chi connectivity index (χ0) is 20.7. The Bertz CT molecular complexity index is 775. The smallest absolute Gasteiger partial charge is 0.318 e. The highest BCUT2D eigenvalue weighted by atomic mass is 16.5. The number of benzene rings is 2. The summed E-state index contributed by atoms with van der Waals surface area (Å²) in [4.78, 5) is 12.3. The molecule has 0 fully saturated rings. The van der Waals surface area contributed by atoms with Crippen LogP contribution in [-0.4, -0.2) is 26.5 Å². The van der Waals surface area contributed by atoms with E-state index in [0.29, 0.717) is 23.2 Å². The van der Waals surface area contributed by atoms with E-state index in [9.17, 15) is 4.79 Å². The summed E-state index contributed by atoms with van der Waals surface area (Å²) in [7, 11) is 3.17. The molecule has 0 saturated heterocycles. The van der Waals surface area contributed by atoms with Gasteiger partial charge in [-0.25, -0.2) is 4.79 Å². The van der Waals surface area contributed by atoms with E-state index in [4.69, 9.17) is 14.2 Å². The average Bonchev–Trinajstić information content (AvgIpc) is 2.67. The van der Waals surface area contributed by atoms with Gasteiger partial charge in [-0.3, -0.25) is 0 Å². The molecule has 0 aliphatic carbocycles. The maximum Gasteiger partial charge on any atom is 0.318 e. The number of hydrogen-bond donors (Lipinski definition) is 2. The van der Waals surface area contributed by atoms with E-state index in [1.165, 1.54) is 5.56 Å². The molecule has 6 heteroatoms. The van der Waals surface area contributed by atoms with Gasteiger partial charge in [0.25, 0.3) is 0 Å². The fourth-order valence-corrected chi connectivity index (χ4v) is 2.79. The van der Waals surface area contributed by atoms with E-state index < -0.39 is 6.23 Å². The van der Waals surface area contributed by atoms with Crippen LogP contribution in [0.15, 0.2) is 42.5 Å². The van der Waals surface area contributed by atoms with Crippen molar-refractivity contribution in [1.82, 2.24) is 10.6 Å². The second kappa shape index (κ2) is 9.88. The van der Waals surface area contributed by atoms with Crippen LogP contribution >= 0.6 is 0 Å². The van der Waals surface area contributed by atoms with Crippen LogP contribution in [0.25, 0.3) is 0 Å². The Hall–Kier alpha value is -2.89. The monoisotopic (exact) mass is 386 g/mol. The highest BCUT2D eigenvalue weighted by Gasteiger charge is 2.15. The maximum atomic E-state index is 12.3. The quantitative estimate of drug-likeness (QED) is 0.650. The molecule has 0 bridgehead atoms. The number of nitrogens with one attached hydrogen (secondary N) is 2. The molecule has 2 amide bonds. The Morgan fingerprint density at radius 3 is 2.00 bits per heavy atom. The second-order valence-corrected chi connectivity index (χ2v) is 6.94. The van der Waals surface area contributed by atoms with Gasteiger partial charge in [0, 0.05) is 0 Å². The normalized spacial score (nSPS) is 12.8. The largest absolute Gasteiger partial charge is 0.493 e. The molecule has 0 aliphatic heterocycles. The first-order valence-corrected chi connectivity index (χ1v) is 9.39. The molecule has 0 aliphatic rings. The van der Waals surface area contributed by atoms with Crippen LogP contribution < -0.4 is 24.8 Å². The molecule has 0 saturated carbocycles. The number of rotatable bonds is 8. The van der Waals surface area contributed by atoms with Crippen LogP contribution in [0.4, 0.5) is 4.79 Å². The molecule has 2 unspecified atom stereocenters. The second-order valence-electron chi connectivity index (χ2n) is 6.94. The first kappa shape index (κ1) is 21.4. The Morgan fingerprint density at radius 1 is 0.821 bits per heavy atom. The van der Waals surface area contributed by atoms with E-state index in [1.807, 2.05) is 49.4 Å². The van der Waals surface area contributed by atoms with Crippen molar-refractivity contribution in [2.45, 2.75) is 45.9 Å². The average molecular weight is 386 g/mol. The Morgan fingerprint density at radius 2 is 1.43 bits per heavy atom. The minimum atomic E-state index is -0.470. The van der Waals surface area contributed by atoms with Gasteiger partial charge in [0.15, 0.2) is 17.7 Å². The van der Waals surface area contributed by atoms with Gasteiger partial charge >= 0.3 is 6.03 Å². The summed E-state index contributed by atoms with van der Waals surface area (Å²) in [5, 5.41) is 5.69. The standard InChI is InChI=1S/C22H30N2O4/c1-14(2)17-7-10-19(11-8-17)28-16(4)24-22(25)23-15(3)18-9-12-20(26-5)21(13-18)27-6/h7-16H,1-6H3,(H2,23,24,25). The first-order valence-electron chi connectivity index (χ1n) is 9.39. The van der Waals surface area contributed by atoms with Crippen molar-refractivity contribution in [2.75, 3.05) is 14.2 Å². The van der Waals surface area contributed by atoms with Gasteiger partial charge < -0.3 is 24.8 Å². The third-order valence-electron chi connectivity index (χ3n) is 4.45. The van der Waals surface area contributed by atoms with Gasteiger partial charge in [-0.15, -0.1) is 0 Å². The summed E-state index contributed by atoms with van der Waals surface area (Å²) in [5.41, 5.74) is 2.15. The Labute approximate surface area is 167 Å². The molecule has 0 spiro atoms. The number of amides is 2. The van der Waals surface area contributed by atoms with Gasteiger partial charge in [0.05, 0.1) is 20.3 Å². The van der Waals surface area contributed by atoms with Crippen LogP contribution in [0.2, 0.25) is 0 Å². The molecule has 0 heterocycles. The predicted molar refractivity (Wildman–Crippen MR) is 110 cm³/mol. The van der Waals surface area contributed by atoms with E-state index in [0.717, 1.165) is 5.56 Å². The summed E-state index contributed by atoms with van der Waals surface area (Å²) < 4.78 is 16.3. The summed E-state index contributed by atoms with van der Waals surface area (Å²) >= 11 is 0. The molecule has 2 N–H and O–H groups in total. The van der Waals surface area contributed by atoms with Gasteiger partial charge in [0.1, 0.15) is 5.75 Å². The van der Waals surface area contributed by atoms with Crippen LogP contribution in [-0.2, 0) is 0 Å². The summed E-state index contributed by atoms with van der Waals surface area (Å²) in [6.45, 7) is 7.97. The molecule has 152 valence electrons. The molecule has 2 aromatic rings. The third-order valence-corrected chi connectivity index (χ3v) is 4.45. The molecule has 0 aromatic heterocycles. The predicted octanol–water partition coefficient (Wildman–Crippen LogP) is 4.61. The van der Waals surface area contributed by atoms with Crippen molar-refractivity contribution < 1.29 is 19.0 Å². The number of methoxy groups -OCH3 is 2. The summed E-state index contributed by atoms with van der Waals surface area (Å²) in [6, 6.07) is 12.9. The number of ether oxygens (including phenoxy) is 3. The van der Waals surface area contributed by atoms with E-state index in [2.05, 4.69) is 24.5 Å². The van der Waals surface area contributed by atoms with E-state index in [1.54, 1.807) is 21.1 Å². The minimum Gasteiger partial charge on any atom is -0.493 e. The number of carbonyl (C=O) groups excluding carboxylic acids is 1. The molecule has 2 aromatic carbocycles. The van der Waals surface area contributed by atoms with Gasteiger partial charge in [-0.05, 0) is 55.2 Å². The number of carbonyl (C=O) groups is 1. The van der Waals surface area contributed by atoms with Crippen molar-refractivity contribution in [2.24, 2.45) is 0 Å². The van der Waals surface area contributed by atoms with Gasteiger partial charge in [-0.1, -0.05) is 32.0 Å². The Balaban J connectivity index is 1.90. The van der Waals surface area contributed by atoms with E-state index >= 15 is 0 Å². The lowest BCUT2D eigenvalue weighted by Crippen LogP contribution is -2.44. The zero-order valence-corrected chi connectivity index (χ0v) is 17.4. The Kier molecular flexibility index (Phi) is 7.55.